The van der Waals surface area contributed by atoms with Gasteiger partial charge in [-0.2, -0.15) is 0 Å². The molecule has 3 heteroatoms. The number of rotatable bonds is 0. The molecule has 1 unspecified atom stereocenters. The molecule has 4 aliphatic rings. The van der Waals surface area contributed by atoms with Crippen LogP contribution in [0.2, 0.25) is 0 Å². The number of aliphatic hydroxyl groups is 1. The lowest BCUT2D eigenvalue weighted by Gasteiger charge is -2.56. The average Bonchev–Trinajstić information content (AvgIpc) is 2.78. The second kappa shape index (κ2) is 4.71. The maximum atomic E-state index is 12.0. The Bertz CT molecular complexity index is 450. The summed E-state index contributed by atoms with van der Waals surface area (Å²) in [5.41, 5.74) is 0.185. The minimum Gasteiger partial charge on any atom is -0.393 e. The number of fused-ring (bicyclic) bond motifs is 5. The van der Waals surface area contributed by atoms with Crippen molar-refractivity contribution in [3.05, 3.63) is 0 Å². The van der Waals surface area contributed by atoms with Gasteiger partial charge < -0.3 is 10.0 Å². The maximum Gasteiger partial charge on any atom is 0.222 e. The molecule has 7 atom stereocenters. The SMILES string of the molecule is CN1C(=O)CC[C@@H]2[C@H]3CC[C@]4(C)C(O)CC[C@H]4[C@@H]3CC[C@H]21. The van der Waals surface area contributed by atoms with E-state index in [0.29, 0.717) is 11.9 Å². The third-order valence-electron chi connectivity index (χ3n) is 7.86. The summed E-state index contributed by atoms with van der Waals surface area (Å²) in [4.78, 5) is 14.0. The molecule has 1 aliphatic heterocycles. The van der Waals surface area contributed by atoms with Gasteiger partial charge in [0.15, 0.2) is 0 Å². The molecule has 0 bridgehead atoms. The minimum absolute atomic E-state index is 0.0724. The Labute approximate surface area is 128 Å². The van der Waals surface area contributed by atoms with Crippen molar-refractivity contribution in [3.63, 3.8) is 0 Å². The first kappa shape index (κ1) is 14.0. The number of hydrogen-bond acceptors (Lipinski definition) is 2. The van der Waals surface area contributed by atoms with Gasteiger partial charge in [0.1, 0.15) is 0 Å². The Morgan fingerprint density at radius 3 is 2.67 bits per heavy atom. The smallest absolute Gasteiger partial charge is 0.222 e. The minimum atomic E-state index is -0.0724. The van der Waals surface area contributed by atoms with E-state index in [1.54, 1.807) is 0 Å². The van der Waals surface area contributed by atoms with Crippen LogP contribution in [0.5, 0.6) is 0 Å². The van der Waals surface area contributed by atoms with E-state index in [9.17, 15) is 9.90 Å². The largest absolute Gasteiger partial charge is 0.393 e. The summed E-state index contributed by atoms with van der Waals surface area (Å²) >= 11 is 0. The van der Waals surface area contributed by atoms with Crippen LogP contribution in [0.3, 0.4) is 0 Å². The molecule has 1 saturated heterocycles. The first-order valence-corrected chi connectivity index (χ1v) is 8.96. The van der Waals surface area contributed by atoms with Gasteiger partial charge in [-0.15, -0.1) is 0 Å². The number of piperidine rings is 1. The Kier molecular flexibility index (Phi) is 3.15. The summed E-state index contributed by atoms with van der Waals surface area (Å²) in [5.74, 6) is 3.43. The highest BCUT2D eigenvalue weighted by Gasteiger charge is 2.57. The highest BCUT2D eigenvalue weighted by Crippen LogP contribution is 2.61. The fourth-order valence-electron chi connectivity index (χ4n) is 6.64. The molecule has 0 aromatic carbocycles. The van der Waals surface area contributed by atoms with Crippen LogP contribution in [0, 0.1) is 29.1 Å². The van der Waals surface area contributed by atoms with Crippen molar-refractivity contribution in [2.24, 2.45) is 29.1 Å². The lowest BCUT2D eigenvalue weighted by Crippen LogP contribution is -2.56. The van der Waals surface area contributed by atoms with Gasteiger partial charge in [-0.1, -0.05) is 6.92 Å². The predicted octanol–water partition coefficient (Wildman–Crippen LogP) is 2.82. The summed E-state index contributed by atoms with van der Waals surface area (Å²) < 4.78 is 0. The zero-order valence-electron chi connectivity index (χ0n) is 13.4. The van der Waals surface area contributed by atoms with Gasteiger partial charge in [-0.05, 0) is 74.0 Å². The van der Waals surface area contributed by atoms with E-state index in [4.69, 9.17) is 0 Å². The van der Waals surface area contributed by atoms with Crippen molar-refractivity contribution < 1.29 is 9.90 Å². The van der Waals surface area contributed by atoms with Crippen molar-refractivity contribution >= 4 is 5.91 Å². The van der Waals surface area contributed by atoms with Gasteiger partial charge >= 0.3 is 0 Å². The monoisotopic (exact) mass is 291 g/mol. The molecule has 4 rings (SSSR count). The number of hydrogen-bond donors (Lipinski definition) is 1. The van der Waals surface area contributed by atoms with Gasteiger partial charge in [0.25, 0.3) is 0 Å². The van der Waals surface area contributed by atoms with Crippen LogP contribution in [0.25, 0.3) is 0 Å². The lowest BCUT2D eigenvalue weighted by molar-refractivity contribution is -0.145. The third kappa shape index (κ3) is 1.85. The van der Waals surface area contributed by atoms with E-state index in [2.05, 4.69) is 11.8 Å². The number of aliphatic hydroxyl groups excluding tert-OH is 1. The zero-order valence-corrected chi connectivity index (χ0v) is 13.4. The lowest BCUT2D eigenvalue weighted by atomic mass is 9.52. The van der Waals surface area contributed by atoms with Crippen LogP contribution in [-0.2, 0) is 4.79 Å². The van der Waals surface area contributed by atoms with Crippen LogP contribution in [0.15, 0.2) is 0 Å². The van der Waals surface area contributed by atoms with Crippen LogP contribution in [-0.4, -0.2) is 35.1 Å². The van der Waals surface area contributed by atoms with E-state index in [-0.39, 0.29) is 11.5 Å². The number of carbonyl (C=O) groups is 1. The van der Waals surface area contributed by atoms with E-state index in [1.807, 2.05) is 7.05 Å². The third-order valence-corrected chi connectivity index (χ3v) is 7.86. The molecule has 1 N–H and O–H groups in total. The second-order valence-corrected chi connectivity index (χ2v) is 8.42. The van der Waals surface area contributed by atoms with Gasteiger partial charge in [0.2, 0.25) is 5.91 Å². The number of amides is 1. The molecule has 3 nitrogen and oxygen atoms in total. The molecule has 21 heavy (non-hydrogen) atoms. The van der Waals surface area contributed by atoms with Gasteiger partial charge in [0, 0.05) is 19.5 Å². The molecule has 0 aromatic heterocycles. The Morgan fingerprint density at radius 2 is 1.86 bits per heavy atom. The number of likely N-dealkylation sites (tertiary alicyclic amines) is 1. The predicted molar refractivity (Wildman–Crippen MR) is 81.6 cm³/mol. The first-order valence-electron chi connectivity index (χ1n) is 8.96. The van der Waals surface area contributed by atoms with Crippen molar-refractivity contribution in [1.29, 1.82) is 0 Å². The fourth-order valence-corrected chi connectivity index (χ4v) is 6.64. The second-order valence-electron chi connectivity index (χ2n) is 8.42. The number of carbonyl (C=O) groups excluding carboxylic acids is 1. The van der Waals surface area contributed by atoms with E-state index in [0.717, 1.165) is 42.9 Å². The molecule has 1 amide bonds. The molecular weight excluding hydrogens is 262 g/mol. The van der Waals surface area contributed by atoms with Crippen molar-refractivity contribution in [2.75, 3.05) is 7.05 Å². The molecule has 4 fully saturated rings. The van der Waals surface area contributed by atoms with Crippen LogP contribution >= 0.6 is 0 Å². The maximum absolute atomic E-state index is 12.0. The molecule has 118 valence electrons. The molecular formula is C18H29NO2. The molecule has 0 spiro atoms. The summed E-state index contributed by atoms with van der Waals surface area (Å²) in [6, 6.07) is 0.503. The topological polar surface area (TPSA) is 40.5 Å². The van der Waals surface area contributed by atoms with Gasteiger partial charge in [0.05, 0.1) is 6.10 Å². The summed E-state index contributed by atoms with van der Waals surface area (Å²) in [5, 5.41) is 10.4. The molecule has 0 radical (unpaired) electrons. The quantitative estimate of drug-likeness (QED) is 0.745. The van der Waals surface area contributed by atoms with E-state index >= 15 is 0 Å². The normalized spacial score (nSPS) is 53.1. The average molecular weight is 291 g/mol. The highest BCUT2D eigenvalue weighted by molar-refractivity contribution is 5.77. The fraction of sp³-hybridized carbons (Fsp3) is 0.944. The first-order chi connectivity index (χ1) is 10.0. The summed E-state index contributed by atoms with van der Waals surface area (Å²) in [7, 11) is 2.02. The molecule has 3 aliphatic carbocycles. The van der Waals surface area contributed by atoms with Crippen molar-refractivity contribution in [2.45, 2.75) is 70.4 Å². The van der Waals surface area contributed by atoms with Crippen LogP contribution in [0.1, 0.15) is 58.3 Å². The summed E-state index contributed by atoms with van der Waals surface area (Å²) in [6.45, 7) is 2.34. The Balaban J connectivity index is 1.59. The molecule has 1 heterocycles. The van der Waals surface area contributed by atoms with Crippen LogP contribution in [0.4, 0.5) is 0 Å². The van der Waals surface area contributed by atoms with Crippen molar-refractivity contribution in [1.82, 2.24) is 4.90 Å². The Hall–Kier alpha value is -0.570. The Morgan fingerprint density at radius 1 is 1.05 bits per heavy atom. The number of nitrogens with zero attached hydrogens (tertiary/aromatic N) is 1. The molecule has 0 aromatic rings. The van der Waals surface area contributed by atoms with E-state index in [1.165, 1.54) is 32.1 Å². The summed E-state index contributed by atoms with van der Waals surface area (Å²) in [6.07, 6.45) is 8.97. The van der Waals surface area contributed by atoms with Crippen molar-refractivity contribution in [3.8, 4) is 0 Å². The van der Waals surface area contributed by atoms with Crippen LogP contribution < -0.4 is 0 Å². The zero-order chi connectivity index (χ0) is 14.8. The standard InChI is InChI=1S/C18H29NO2/c1-18-10-9-11-12(14(18)5-7-16(18)20)3-6-15-13(11)4-8-17(21)19(15)2/h11-16,20H,3-10H2,1-2H3/t11-,12+,13+,14-,15+,16?,18-/m0/s1. The van der Waals surface area contributed by atoms with Gasteiger partial charge in [-0.25, -0.2) is 0 Å². The highest BCUT2D eigenvalue weighted by atomic mass is 16.3. The van der Waals surface area contributed by atoms with Gasteiger partial charge in [-0.3, -0.25) is 4.79 Å². The molecule has 3 saturated carbocycles. The van der Waals surface area contributed by atoms with E-state index < -0.39 is 0 Å².